The lowest BCUT2D eigenvalue weighted by Crippen LogP contribution is -2.15. The molecular weight excluding hydrogens is 268 g/mol. The monoisotopic (exact) mass is 290 g/mol. The summed E-state index contributed by atoms with van der Waals surface area (Å²) in [6, 6.07) is 12.4. The molecule has 0 saturated heterocycles. The minimum absolute atomic E-state index is 0.810. The fourth-order valence-electron chi connectivity index (χ4n) is 2.46. The van der Waals surface area contributed by atoms with Gasteiger partial charge in [-0.1, -0.05) is 54.8 Å². The summed E-state index contributed by atoms with van der Waals surface area (Å²) in [5, 5.41) is 6.72. The molecule has 3 heteroatoms. The molecule has 0 aliphatic carbocycles. The summed E-state index contributed by atoms with van der Waals surface area (Å²) in [6.45, 7) is 2.76. The summed E-state index contributed by atoms with van der Waals surface area (Å²) in [5.74, 6) is 0. The Bertz CT molecular complexity index is 540. The van der Waals surface area contributed by atoms with Crippen LogP contribution in [0, 0.1) is 0 Å². The van der Waals surface area contributed by atoms with Crippen molar-refractivity contribution in [3.05, 3.63) is 47.0 Å². The number of unbranched alkanes of at least 4 members (excludes halogenated alkanes) is 3. The van der Waals surface area contributed by atoms with Crippen LogP contribution in [0.5, 0.6) is 0 Å². The second-order valence-electron chi connectivity index (χ2n) is 5.13. The molecule has 0 atom stereocenters. The Balaban J connectivity index is 1.86. The molecule has 0 aliphatic rings. The number of halogens is 1. The molecule has 0 saturated carbocycles. The first-order chi connectivity index (χ1) is 9.83. The van der Waals surface area contributed by atoms with Crippen LogP contribution in [0.2, 0.25) is 5.02 Å². The van der Waals surface area contributed by atoms with E-state index in [4.69, 9.17) is 17.3 Å². The molecule has 108 valence electrons. The lowest BCUT2D eigenvalue weighted by Gasteiger charge is -2.09. The van der Waals surface area contributed by atoms with Gasteiger partial charge in [0.25, 0.3) is 0 Å². The van der Waals surface area contributed by atoms with Crippen molar-refractivity contribution in [1.82, 2.24) is 5.32 Å². The van der Waals surface area contributed by atoms with E-state index < -0.39 is 0 Å². The van der Waals surface area contributed by atoms with Crippen LogP contribution in [0.4, 0.5) is 0 Å². The Labute approximate surface area is 126 Å². The zero-order chi connectivity index (χ0) is 14.2. The van der Waals surface area contributed by atoms with E-state index in [-0.39, 0.29) is 0 Å². The van der Waals surface area contributed by atoms with Gasteiger partial charge in [0.05, 0.1) is 0 Å². The zero-order valence-corrected chi connectivity index (χ0v) is 12.6. The molecule has 2 nitrogen and oxygen atoms in total. The van der Waals surface area contributed by atoms with E-state index in [0.717, 1.165) is 36.5 Å². The van der Waals surface area contributed by atoms with Crippen LogP contribution in [-0.2, 0) is 6.54 Å². The highest BCUT2D eigenvalue weighted by Gasteiger charge is 2.02. The average Bonchev–Trinajstić information content (AvgIpc) is 2.47. The van der Waals surface area contributed by atoms with Gasteiger partial charge in [-0.2, -0.15) is 0 Å². The normalized spacial score (nSPS) is 11.1. The maximum Gasteiger partial charge on any atom is 0.0484 e. The zero-order valence-electron chi connectivity index (χ0n) is 11.9. The second-order valence-corrected chi connectivity index (χ2v) is 5.54. The van der Waals surface area contributed by atoms with E-state index in [9.17, 15) is 0 Å². The van der Waals surface area contributed by atoms with E-state index in [1.165, 1.54) is 30.2 Å². The molecule has 3 N–H and O–H groups in total. The van der Waals surface area contributed by atoms with Crippen molar-refractivity contribution in [1.29, 1.82) is 0 Å². The van der Waals surface area contributed by atoms with Crippen molar-refractivity contribution in [2.24, 2.45) is 5.73 Å². The van der Waals surface area contributed by atoms with Crippen LogP contribution in [0.15, 0.2) is 36.4 Å². The van der Waals surface area contributed by atoms with Crippen LogP contribution in [-0.4, -0.2) is 13.1 Å². The molecule has 0 unspecified atom stereocenters. The van der Waals surface area contributed by atoms with Gasteiger partial charge in [-0.25, -0.2) is 0 Å². The minimum atomic E-state index is 0.810. The molecular formula is C17H23ClN2. The summed E-state index contributed by atoms with van der Waals surface area (Å²) in [7, 11) is 0. The third-order valence-corrected chi connectivity index (χ3v) is 3.91. The number of rotatable bonds is 8. The van der Waals surface area contributed by atoms with E-state index in [1.54, 1.807) is 0 Å². The lowest BCUT2D eigenvalue weighted by atomic mass is 10.0. The van der Waals surface area contributed by atoms with Gasteiger partial charge in [-0.15, -0.1) is 0 Å². The maximum absolute atomic E-state index is 6.23. The molecule has 2 aromatic carbocycles. The Kier molecular flexibility index (Phi) is 6.31. The highest BCUT2D eigenvalue weighted by molar-refractivity contribution is 6.35. The van der Waals surface area contributed by atoms with Crippen LogP contribution >= 0.6 is 11.6 Å². The summed E-state index contributed by atoms with van der Waals surface area (Å²) in [4.78, 5) is 0. The van der Waals surface area contributed by atoms with Crippen molar-refractivity contribution in [3.8, 4) is 0 Å². The lowest BCUT2D eigenvalue weighted by molar-refractivity contribution is 0.591. The van der Waals surface area contributed by atoms with Gasteiger partial charge in [-0.3, -0.25) is 0 Å². The third-order valence-electron chi connectivity index (χ3n) is 3.58. The first kappa shape index (κ1) is 15.3. The fourth-order valence-corrected chi connectivity index (χ4v) is 2.70. The molecule has 20 heavy (non-hydrogen) atoms. The molecule has 0 spiro atoms. The average molecular weight is 291 g/mol. The third kappa shape index (κ3) is 4.20. The van der Waals surface area contributed by atoms with Crippen molar-refractivity contribution >= 4 is 22.4 Å². The van der Waals surface area contributed by atoms with Gasteiger partial charge in [0.15, 0.2) is 0 Å². The van der Waals surface area contributed by atoms with Crippen LogP contribution in [0.3, 0.4) is 0 Å². The Morgan fingerprint density at radius 1 is 0.900 bits per heavy atom. The van der Waals surface area contributed by atoms with Crippen molar-refractivity contribution < 1.29 is 0 Å². The standard InChI is InChI=1S/C17H23ClN2/c18-17-10-6-8-15-14(7-5-9-16(15)17)13-20-12-4-2-1-3-11-19/h5-10,20H,1-4,11-13,19H2. The number of hydrogen-bond acceptors (Lipinski definition) is 2. The van der Waals surface area contributed by atoms with Crippen molar-refractivity contribution in [2.45, 2.75) is 32.2 Å². The minimum Gasteiger partial charge on any atom is -0.330 e. The van der Waals surface area contributed by atoms with Crippen molar-refractivity contribution in [3.63, 3.8) is 0 Å². The molecule has 0 fully saturated rings. The molecule has 2 aromatic rings. The summed E-state index contributed by atoms with van der Waals surface area (Å²) in [6.07, 6.45) is 4.85. The summed E-state index contributed by atoms with van der Waals surface area (Å²) in [5.41, 5.74) is 6.80. The van der Waals surface area contributed by atoms with E-state index >= 15 is 0 Å². The Morgan fingerprint density at radius 2 is 1.65 bits per heavy atom. The van der Waals surface area contributed by atoms with Gasteiger partial charge >= 0.3 is 0 Å². The summed E-state index contributed by atoms with van der Waals surface area (Å²) < 4.78 is 0. The van der Waals surface area contributed by atoms with Gasteiger partial charge in [-0.05, 0) is 42.9 Å². The first-order valence-electron chi connectivity index (χ1n) is 7.40. The number of nitrogens with two attached hydrogens (primary N) is 1. The van der Waals surface area contributed by atoms with Crippen LogP contribution < -0.4 is 11.1 Å². The molecule has 0 bridgehead atoms. The van der Waals surface area contributed by atoms with Gasteiger partial charge < -0.3 is 11.1 Å². The van der Waals surface area contributed by atoms with Crippen LogP contribution in [0.25, 0.3) is 10.8 Å². The number of benzene rings is 2. The quantitative estimate of drug-likeness (QED) is 0.718. The van der Waals surface area contributed by atoms with Gasteiger partial charge in [0.2, 0.25) is 0 Å². The first-order valence-corrected chi connectivity index (χ1v) is 7.77. The molecule has 0 radical (unpaired) electrons. The highest BCUT2D eigenvalue weighted by Crippen LogP contribution is 2.25. The van der Waals surface area contributed by atoms with Crippen molar-refractivity contribution in [2.75, 3.05) is 13.1 Å². The number of fused-ring (bicyclic) bond motifs is 1. The summed E-state index contributed by atoms with van der Waals surface area (Å²) >= 11 is 6.23. The molecule has 2 rings (SSSR count). The van der Waals surface area contributed by atoms with E-state index in [0.29, 0.717) is 0 Å². The van der Waals surface area contributed by atoms with E-state index in [2.05, 4.69) is 29.6 Å². The second kappa shape index (κ2) is 8.25. The predicted molar refractivity (Wildman–Crippen MR) is 88.2 cm³/mol. The number of nitrogens with one attached hydrogen (secondary N) is 1. The smallest absolute Gasteiger partial charge is 0.0484 e. The molecule has 0 heterocycles. The molecule has 0 amide bonds. The van der Waals surface area contributed by atoms with Gasteiger partial charge in [0, 0.05) is 17.0 Å². The van der Waals surface area contributed by atoms with Crippen LogP contribution in [0.1, 0.15) is 31.2 Å². The Morgan fingerprint density at radius 3 is 2.50 bits per heavy atom. The van der Waals surface area contributed by atoms with Gasteiger partial charge in [0.1, 0.15) is 0 Å². The topological polar surface area (TPSA) is 38.0 Å². The molecule has 0 aromatic heterocycles. The fraction of sp³-hybridized carbons (Fsp3) is 0.412. The Hall–Kier alpha value is -1.09. The largest absolute Gasteiger partial charge is 0.330 e. The predicted octanol–water partition coefficient (Wildman–Crippen LogP) is 4.10. The SMILES string of the molecule is NCCCCCCNCc1cccc2c(Cl)cccc12. The van der Waals surface area contributed by atoms with E-state index in [1.807, 2.05) is 12.1 Å². The highest BCUT2D eigenvalue weighted by atomic mass is 35.5. The molecule has 0 aliphatic heterocycles. The maximum atomic E-state index is 6.23. The number of hydrogen-bond donors (Lipinski definition) is 2.